The molecule has 1 aromatic carbocycles. The van der Waals surface area contributed by atoms with Crippen LogP contribution in [0.25, 0.3) is 0 Å². The molecule has 0 saturated carbocycles. The number of nitrogens with zero attached hydrogens (tertiary/aromatic N) is 1. The number of anilines is 1. The number of nitrogens with one attached hydrogen (secondary N) is 1. The molecule has 0 radical (unpaired) electrons. The summed E-state index contributed by atoms with van der Waals surface area (Å²) < 4.78 is 28.6. The fraction of sp³-hybridized carbons (Fsp3) is 0.571. The van der Waals surface area contributed by atoms with E-state index in [-0.39, 0.29) is 17.5 Å². The van der Waals surface area contributed by atoms with Crippen LogP contribution in [0.4, 0.5) is 5.69 Å². The largest absolute Gasteiger partial charge is 0.496 e. The Morgan fingerprint density at radius 3 is 2.50 bits per heavy atom. The van der Waals surface area contributed by atoms with Gasteiger partial charge in [0.1, 0.15) is 5.75 Å². The van der Waals surface area contributed by atoms with Gasteiger partial charge in [-0.1, -0.05) is 6.07 Å². The van der Waals surface area contributed by atoms with Crippen LogP contribution in [-0.2, 0) is 9.84 Å². The first-order chi connectivity index (χ1) is 9.48. The number of rotatable bonds is 4. The van der Waals surface area contributed by atoms with Gasteiger partial charge in [-0.25, -0.2) is 8.42 Å². The molecule has 1 fully saturated rings. The summed E-state index contributed by atoms with van der Waals surface area (Å²) in [6.07, 6.45) is 0. The monoisotopic (exact) mass is 298 g/mol. The lowest BCUT2D eigenvalue weighted by molar-refractivity contribution is 0.404. The Hall–Kier alpha value is -1.27. The number of ether oxygens (including phenoxy) is 1. The maximum Gasteiger partial charge on any atom is 0.153 e. The normalized spacial score (nSPS) is 19.6. The van der Waals surface area contributed by atoms with Gasteiger partial charge in [0.15, 0.2) is 9.84 Å². The Bertz CT molecular complexity index is 558. The molecule has 1 N–H and O–H groups in total. The van der Waals surface area contributed by atoms with Crippen LogP contribution in [0, 0.1) is 0 Å². The molecule has 0 aliphatic carbocycles. The Kier molecular flexibility index (Phi) is 4.55. The topological polar surface area (TPSA) is 58.6 Å². The molecule has 0 spiro atoms. The zero-order chi connectivity index (χ0) is 14.8. The number of benzene rings is 1. The van der Waals surface area contributed by atoms with E-state index in [0.717, 1.165) is 17.0 Å². The second-order valence-electron chi connectivity index (χ2n) is 5.04. The summed E-state index contributed by atoms with van der Waals surface area (Å²) in [4.78, 5) is 2.13. The Labute approximate surface area is 120 Å². The van der Waals surface area contributed by atoms with Gasteiger partial charge in [0.25, 0.3) is 0 Å². The highest BCUT2D eigenvalue weighted by Crippen LogP contribution is 2.35. The number of hydrogen-bond donors (Lipinski definition) is 1. The molecule has 20 heavy (non-hydrogen) atoms. The standard InChI is InChI=1S/C14H22N2O3S/c1-11(15-2)14-12(5-4-6-13(14)19-3)16-7-9-20(17,18)10-8-16/h4-6,11,15H,7-10H2,1-3H3. The fourth-order valence-electron chi connectivity index (χ4n) is 2.52. The summed E-state index contributed by atoms with van der Waals surface area (Å²) in [5.41, 5.74) is 2.14. The zero-order valence-corrected chi connectivity index (χ0v) is 13.0. The summed E-state index contributed by atoms with van der Waals surface area (Å²) in [7, 11) is 0.696. The molecule has 112 valence electrons. The van der Waals surface area contributed by atoms with Crippen LogP contribution in [0.1, 0.15) is 18.5 Å². The van der Waals surface area contributed by atoms with Crippen molar-refractivity contribution in [2.24, 2.45) is 0 Å². The highest BCUT2D eigenvalue weighted by Gasteiger charge is 2.25. The van der Waals surface area contributed by atoms with E-state index in [1.807, 2.05) is 25.2 Å². The van der Waals surface area contributed by atoms with Gasteiger partial charge in [0.05, 0.1) is 18.6 Å². The minimum absolute atomic E-state index is 0.139. The maximum absolute atomic E-state index is 11.6. The third kappa shape index (κ3) is 3.07. The van der Waals surface area contributed by atoms with E-state index in [1.54, 1.807) is 7.11 Å². The van der Waals surface area contributed by atoms with Crippen molar-refractivity contribution in [3.05, 3.63) is 23.8 Å². The average Bonchev–Trinajstić information content (AvgIpc) is 2.45. The van der Waals surface area contributed by atoms with E-state index in [2.05, 4.69) is 17.1 Å². The van der Waals surface area contributed by atoms with E-state index in [1.165, 1.54) is 0 Å². The molecular formula is C14H22N2O3S. The first kappa shape index (κ1) is 15.1. The quantitative estimate of drug-likeness (QED) is 0.905. The molecule has 0 bridgehead atoms. The van der Waals surface area contributed by atoms with Crippen LogP contribution in [0.3, 0.4) is 0 Å². The van der Waals surface area contributed by atoms with E-state index >= 15 is 0 Å². The van der Waals surface area contributed by atoms with Gasteiger partial charge in [0, 0.05) is 30.4 Å². The summed E-state index contributed by atoms with van der Waals surface area (Å²) in [6.45, 7) is 3.15. The first-order valence-electron chi connectivity index (χ1n) is 6.78. The summed E-state index contributed by atoms with van der Waals surface area (Å²) >= 11 is 0. The summed E-state index contributed by atoms with van der Waals surface area (Å²) in [5.74, 6) is 1.27. The van der Waals surface area contributed by atoms with Crippen molar-refractivity contribution in [3.8, 4) is 5.75 Å². The van der Waals surface area contributed by atoms with Crippen LogP contribution in [0.2, 0.25) is 0 Å². The van der Waals surface area contributed by atoms with Gasteiger partial charge in [-0.05, 0) is 26.1 Å². The van der Waals surface area contributed by atoms with Crippen LogP contribution in [0.15, 0.2) is 18.2 Å². The molecule has 1 heterocycles. The van der Waals surface area contributed by atoms with Crippen molar-refractivity contribution in [2.75, 3.05) is 43.7 Å². The first-order valence-corrected chi connectivity index (χ1v) is 8.60. The van der Waals surface area contributed by atoms with E-state index in [4.69, 9.17) is 4.74 Å². The summed E-state index contributed by atoms with van der Waals surface area (Å²) in [5, 5.41) is 3.23. The van der Waals surface area contributed by atoms with Crippen molar-refractivity contribution >= 4 is 15.5 Å². The van der Waals surface area contributed by atoms with Crippen LogP contribution in [-0.4, -0.2) is 47.2 Å². The third-order valence-corrected chi connectivity index (χ3v) is 5.42. The van der Waals surface area contributed by atoms with E-state index in [9.17, 15) is 8.42 Å². The van der Waals surface area contributed by atoms with Gasteiger partial charge < -0.3 is 15.0 Å². The second kappa shape index (κ2) is 6.01. The molecule has 5 nitrogen and oxygen atoms in total. The lowest BCUT2D eigenvalue weighted by atomic mass is 10.0. The Morgan fingerprint density at radius 2 is 1.95 bits per heavy atom. The van der Waals surface area contributed by atoms with Gasteiger partial charge >= 0.3 is 0 Å². The molecule has 1 aliphatic rings. The van der Waals surface area contributed by atoms with Crippen LogP contribution in [0.5, 0.6) is 5.75 Å². The predicted octanol–water partition coefficient (Wildman–Crippen LogP) is 1.21. The SMILES string of the molecule is CNC(C)c1c(OC)cccc1N1CCS(=O)(=O)CC1. The molecule has 1 aliphatic heterocycles. The molecule has 0 amide bonds. The van der Waals surface area contributed by atoms with Crippen LogP contribution >= 0.6 is 0 Å². The molecule has 1 atom stereocenters. The van der Waals surface area contributed by atoms with Gasteiger partial charge in [-0.3, -0.25) is 0 Å². The lowest BCUT2D eigenvalue weighted by Crippen LogP contribution is -2.41. The van der Waals surface area contributed by atoms with Crippen molar-refractivity contribution < 1.29 is 13.2 Å². The van der Waals surface area contributed by atoms with Crippen molar-refractivity contribution in [1.82, 2.24) is 5.32 Å². The Balaban J connectivity index is 2.36. The molecule has 1 saturated heterocycles. The fourth-order valence-corrected chi connectivity index (χ4v) is 3.72. The highest BCUT2D eigenvalue weighted by atomic mass is 32.2. The van der Waals surface area contributed by atoms with Gasteiger partial charge in [-0.15, -0.1) is 0 Å². The van der Waals surface area contributed by atoms with Gasteiger partial charge in [0.2, 0.25) is 0 Å². The molecule has 1 unspecified atom stereocenters. The highest BCUT2D eigenvalue weighted by molar-refractivity contribution is 7.91. The second-order valence-corrected chi connectivity index (χ2v) is 7.35. The average molecular weight is 298 g/mol. The van der Waals surface area contributed by atoms with Crippen molar-refractivity contribution in [2.45, 2.75) is 13.0 Å². The number of methoxy groups -OCH3 is 1. The van der Waals surface area contributed by atoms with E-state index < -0.39 is 9.84 Å². The molecule has 2 rings (SSSR count). The molecule has 6 heteroatoms. The third-order valence-electron chi connectivity index (χ3n) is 3.81. The molecule has 0 aromatic heterocycles. The van der Waals surface area contributed by atoms with Gasteiger partial charge in [-0.2, -0.15) is 0 Å². The predicted molar refractivity (Wildman–Crippen MR) is 81.3 cm³/mol. The minimum Gasteiger partial charge on any atom is -0.496 e. The van der Waals surface area contributed by atoms with Crippen molar-refractivity contribution in [1.29, 1.82) is 0 Å². The van der Waals surface area contributed by atoms with Crippen LogP contribution < -0.4 is 15.0 Å². The lowest BCUT2D eigenvalue weighted by Gasteiger charge is -2.32. The Morgan fingerprint density at radius 1 is 1.30 bits per heavy atom. The maximum atomic E-state index is 11.6. The minimum atomic E-state index is -2.87. The van der Waals surface area contributed by atoms with Crippen molar-refractivity contribution in [3.63, 3.8) is 0 Å². The molecular weight excluding hydrogens is 276 g/mol. The zero-order valence-electron chi connectivity index (χ0n) is 12.2. The number of hydrogen-bond acceptors (Lipinski definition) is 5. The smallest absolute Gasteiger partial charge is 0.153 e. The summed E-state index contributed by atoms with van der Waals surface area (Å²) in [6, 6.07) is 6.06. The number of sulfone groups is 1. The molecule has 1 aromatic rings. The van der Waals surface area contributed by atoms with E-state index in [0.29, 0.717) is 13.1 Å².